The molecule has 0 fully saturated rings. The number of anilines is 1. The molecular formula is C12H19N. The van der Waals surface area contributed by atoms with E-state index in [0.29, 0.717) is 0 Å². The minimum atomic E-state index is 1.07. The van der Waals surface area contributed by atoms with E-state index < -0.39 is 0 Å². The van der Waals surface area contributed by atoms with Crippen LogP contribution in [-0.2, 0) is 6.42 Å². The fraction of sp³-hybridized carbons (Fsp3) is 0.500. The predicted octanol–water partition coefficient (Wildman–Crippen LogP) is 3.46. The zero-order valence-electron chi connectivity index (χ0n) is 8.64. The van der Waals surface area contributed by atoms with Gasteiger partial charge in [-0.1, -0.05) is 32.4 Å². The average molecular weight is 177 g/mol. The van der Waals surface area contributed by atoms with Crippen LogP contribution in [0.4, 0.5) is 5.69 Å². The Morgan fingerprint density at radius 1 is 1.15 bits per heavy atom. The Morgan fingerprint density at radius 3 is 2.69 bits per heavy atom. The van der Waals surface area contributed by atoms with Crippen molar-refractivity contribution in [2.24, 2.45) is 0 Å². The first-order chi connectivity index (χ1) is 6.36. The molecule has 0 aromatic heterocycles. The van der Waals surface area contributed by atoms with E-state index >= 15 is 0 Å². The van der Waals surface area contributed by atoms with Gasteiger partial charge in [0.15, 0.2) is 0 Å². The number of hydrogen-bond donors (Lipinski definition) is 1. The summed E-state index contributed by atoms with van der Waals surface area (Å²) in [7, 11) is 0. The van der Waals surface area contributed by atoms with Gasteiger partial charge in [-0.05, 0) is 30.5 Å². The molecule has 0 aliphatic carbocycles. The lowest BCUT2D eigenvalue weighted by Gasteiger charge is -2.06. The van der Waals surface area contributed by atoms with E-state index in [4.69, 9.17) is 0 Å². The fourth-order valence-electron chi connectivity index (χ4n) is 1.39. The second-order valence-electron chi connectivity index (χ2n) is 3.38. The molecule has 1 heteroatoms. The molecule has 0 aliphatic heterocycles. The van der Waals surface area contributed by atoms with Crippen LogP contribution in [0.5, 0.6) is 0 Å². The van der Waals surface area contributed by atoms with Crippen LogP contribution >= 0.6 is 0 Å². The molecule has 1 aromatic rings. The minimum Gasteiger partial charge on any atom is -0.385 e. The molecule has 0 spiro atoms. The summed E-state index contributed by atoms with van der Waals surface area (Å²) < 4.78 is 0. The van der Waals surface area contributed by atoms with E-state index in [0.717, 1.165) is 6.54 Å². The quantitative estimate of drug-likeness (QED) is 0.726. The Hall–Kier alpha value is -0.980. The van der Waals surface area contributed by atoms with Crippen molar-refractivity contribution in [1.29, 1.82) is 0 Å². The summed E-state index contributed by atoms with van der Waals surface area (Å²) in [5, 5.41) is 3.39. The molecule has 0 unspecified atom stereocenters. The fourth-order valence-corrected chi connectivity index (χ4v) is 1.39. The van der Waals surface area contributed by atoms with Gasteiger partial charge in [-0.15, -0.1) is 0 Å². The summed E-state index contributed by atoms with van der Waals surface area (Å²) in [5.41, 5.74) is 2.69. The van der Waals surface area contributed by atoms with E-state index in [1.807, 2.05) is 0 Å². The van der Waals surface area contributed by atoms with Gasteiger partial charge in [0.2, 0.25) is 0 Å². The van der Waals surface area contributed by atoms with E-state index in [1.54, 1.807) is 0 Å². The van der Waals surface area contributed by atoms with Crippen molar-refractivity contribution in [3.05, 3.63) is 29.8 Å². The molecule has 0 aliphatic rings. The zero-order chi connectivity index (χ0) is 9.52. The Morgan fingerprint density at radius 2 is 2.00 bits per heavy atom. The molecule has 0 bridgehead atoms. The smallest absolute Gasteiger partial charge is 0.0342 e. The summed E-state index contributed by atoms with van der Waals surface area (Å²) >= 11 is 0. The summed E-state index contributed by atoms with van der Waals surface area (Å²) in [4.78, 5) is 0. The molecule has 0 heterocycles. The van der Waals surface area contributed by atoms with Gasteiger partial charge in [0, 0.05) is 12.2 Å². The normalized spacial score (nSPS) is 10.0. The van der Waals surface area contributed by atoms with Crippen LogP contribution in [-0.4, -0.2) is 6.54 Å². The van der Waals surface area contributed by atoms with Crippen LogP contribution in [0.2, 0.25) is 0 Å². The van der Waals surface area contributed by atoms with Crippen molar-refractivity contribution >= 4 is 5.69 Å². The maximum absolute atomic E-state index is 3.39. The molecule has 0 atom stereocenters. The molecule has 1 N–H and O–H groups in total. The SMILES string of the molecule is CCCNc1cccc(CCC)c1. The Kier molecular flexibility index (Phi) is 4.37. The van der Waals surface area contributed by atoms with E-state index in [2.05, 4.69) is 43.4 Å². The van der Waals surface area contributed by atoms with E-state index in [-0.39, 0.29) is 0 Å². The topological polar surface area (TPSA) is 12.0 Å². The van der Waals surface area contributed by atoms with Crippen molar-refractivity contribution < 1.29 is 0 Å². The molecule has 0 saturated heterocycles. The van der Waals surface area contributed by atoms with Gasteiger partial charge in [0.1, 0.15) is 0 Å². The molecular weight excluding hydrogens is 158 g/mol. The summed E-state index contributed by atoms with van der Waals surface area (Å²) in [5.74, 6) is 0. The second kappa shape index (κ2) is 5.63. The molecule has 1 aromatic carbocycles. The highest BCUT2D eigenvalue weighted by atomic mass is 14.9. The lowest BCUT2D eigenvalue weighted by molar-refractivity contribution is 0.920. The van der Waals surface area contributed by atoms with Gasteiger partial charge >= 0.3 is 0 Å². The molecule has 1 rings (SSSR count). The molecule has 0 amide bonds. The number of nitrogens with one attached hydrogen (secondary N) is 1. The van der Waals surface area contributed by atoms with Crippen molar-refractivity contribution in [1.82, 2.24) is 0 Å². The van der Waals surface area contributed by atoms with E-state index in [9.17, 15) is 0 Å². The van der Waals surface area contributed by atoms with Crippen molar-refractivity contribution in [2.75, 3.05) is 11.9 Å². The molecule has 1 nitrogen and oxygen atoms in total. The first kappa shape index (κ1) is 10.1. The van der Waals surface area contributed by atoms with Gasteiger partial charge in [0.05, 0.1) is 0 Å². The monoisotopic (exact) mass is 177 g/mol. The standard InChI is InChI=1S/C12H19N/c1-3-6-11-7-5-8-12(10-11)13-9-4-2/h5,7-8,10,13H,3-4,6,9H2,1-2H3. The lowest BCUT2D eigenvalue weighted by Crippen LogP contribution is -1.99. The lowest BCUT2D eigenvalue weighted by atomic mass is 10.1. The van der Waals surface area contributed by atoms with E-state index in [1.165, 1.54) is 30.5 Å². The third kappa shape index (κ3) is 3.49. The first-order valence-corrected chi connectivity index (χ1v) is 5.19. The maximum atomic E-state index is 3.39. The van der Waals surface area contributed by atoms with Gasteiger partial charge in [-0.2, -0.15) is 0 Å². The molecule has 0 saturated carbocycles. The number of aryl methyl sites for hydroxylation is 1. The second-order valence-corrected chi connectivity index (χ2v) is 3.38. The molecule has 13 heavy (non-hydrogen) atoms. The average Bonchev–Trinajstić information content (AvgIpc) is 2.16. The molecule has 72 valence electrons. The Bertz CT molecular complexity index is 243. The maximum Gasteiger partial charge on any atom is 0.0342 e. The Labute approximate surface area is 81.2 Å². The van der Waals surface area contributed by atoms with Gasteiger partial charge in [0.25, 0.3) is 0 Å². The Balaban J connectivity index is 2.56. The van der Waals surface area contributed by atoms with Crippen molar-refractivity contribution in [3.63, 3.8) is 0 Å². The van der Waals surface area contributed by atoms with Gasteiger partial charge in [-0.25, -0.2) is 0 Å². The molecule has 0 radical (unpaired) electrons. The minimum absolute atomic E-state index is 1.07. The van der Waals surface area contributed by atoms with Crippen molar-refractivity contribution in [2.45, 2.75) is 33.1 Å². The van der Waals surface area contributed by atoms with Crippen LogP contribution in [0.1, 0.15) is 32.3 Å². The van der Waals surface area contributed by atoms with Crippen LogP contribution in [0.25, 0.3) is 0 Å². The highest BCUT2D eigenvalue weighted by Gasteiger charge is 1.93. The third-order valence-electron chi connectivity index (χ3n) is 2.04. The van der Waals surface area contributed by atoms with Crippen LogP contribution in [0.15, 0.2) is 24.3 Å². The zero-order valence-corrected chi connectivity index (χ0v) is 8.64. The summed E-state index contributed by atoms with van der Waals surface area (Å²) in [6, 6.07) is 8.71. The number of rotatable bonds is 5. The summed E-state index contributed by atoms with van der Waals surface area (Å²) in [6.07, 6.45) is 3.58. The first-order valence-electron chi connectivity index (χ1n) is 5.19. The van der Waals surface area contributed by atoms with Crippen LogP contribution < -0.4 is 5.32 Å². The highest BCUT2D eigenvalue weighted by molar-refractivity contribution is 5.45. The predicted molar refractivity (Wildman–Crippen MR) is 59.2 cm³/mol. The van der Waals surface area contributed by atoms with Crippen LogP contribution in [0, 0.1) is 0 Å². The number of hydrogen-bond acceptors (Lipinski definition) is 1. The van der Waals surface area contributed by atoms with Crippen LogP contribution in [0.3, 0.4) is 0 Å². The van der Waals surface area contributed by atoms with Gasteiger partial charge in [-0.3, -0.25) is 0 Å². The third-order valence-corrected chi connectivity index (χ3v) is 2.04. The largest absolute Gasteiger partial charge is 0.385 e. The number of benzene rings is 1. The van der Waals surface area contributed by atoms with Crippen molar-refractivity contribution in [3.8, 4) is 0 Å². The van der Waals surface area contributed by atoms with Gasteiger partial charge < -0.3 is 5.32 Å². The highest BCUT2D eigenvalue weighted by Crippen LogP contribution is 2.11. The summed E-state index contributed by atoms with van der Waals surface area (Å²) in [6.45, 7) is 5.46.